The van der Waals surface area contributed by atoms with Crippen molar-refractivity contribution in [2.45, 2.75) is 31.3 Å². The Morgan fingerprint density at radius 2 is 2.31 bits per heavy atom. The van der Waals surface area contributed by atoms with Crippen LogP contribution in [0.25, 0.3) is 0 Å². The highest BCUT2D eigenvalue weighted by Gasteiger charge is 2.29. The first kappa shape index (κ1) is 11.1. The molecule has 0 aliphatic heterocycles. The van der Waals surface area contributed by atoms with E-state index in [1.54, 1.807) is 0 Å². The Labute approximate surface area is 95.0 Å². The second-order valence-corrected chi connectivity index (χ2v) is 4.19. The van der Waals surface area contributed by atoms with Crippen molar-refractivity contribution >= 4 is 5.97 Å². The SMILES string of the molecule is COC(=O)C[C@H](O)C1CCc2ccccc21. The summed E-state index contributed by atoms with van der Waals surface area (Å²) in [5, 5.41) is 10.00. The zero-order valence-electron chi connectivity index (χ0n) is 9.35. The fraction of sp³-hybridized carbons (Fsp3) is 0.462. The Morgan fingerprint density at radius 1 is 1.56 bits per heavy atom. The van der Waals surface area contributed by atoms with Gasteiger partial charge in [-0.3, -0.25) is 4.79 Å². The average Bonchev–Trinajstić information content (AvgIpc) is 2.72. The van der Waals surface area contributed by atoms with E-state index in [-0.39, 0.29) is 18.3 Å². The molecule has 1 N–H and O–H groups in total. The van der Waals surface area contributed by atoms with E-state index in [2.05, 4.69) is 10.8 Å². The van der Waals surface area contributed by atoms with Crippen molar-refractivity contribution in [3.8, 4) is 0 Å². The largest absolute Gasteiger partial charge is 0.469 e. The van der Waals surface area contributed by atoms with Crippen LogP contribution in [-0.4, -0.2) is 24.3 Å². The number of aliphatic hydroxyl groups is 1. The lowest BCUT2D eigenvalue weighted by Crippen LogP contribution is -2.21. The van der Waals surface area contributed by atoms with E-state index in [1.807, 2.05) is 18.2 Å². The van der Waals surface area contributed by atoms with E-state index in [1.165, 1.54) is 18.2 Å². The summed E-state index contributed by atoms with van der Waals surface area (Å²) in [4.78, 5) is 11.1. The molecule has 1 aliphatic rings. The lowest BCUT2D eigenvalue weighted by atomic mass is 9.93. The summed E-state index contributed by atoms with van der Waals surface area (Å²) < 4.78 is 4.57. The van der Waals surface area contributed by atoms with Crippen molar-refractivity contribution in [1.82, 2.24) is 0 Å². The van der Waals surface area contributed by atoms with Gasteiger partial charge in [0, 0.05) is 5.92 Å². The van der Waals surface area contributed by atoms with E-state index >= 15 is 0 Å². The van der Waals surface area contributed by atoms with Gasteiger partial charge in [-0.2, -0.15) is 0 Å². The van der Waals surface area contributed by atoms with Gasteiger partial charge in [-0.15, -0.1) is 0 Å². The summed E-state index contributed by atoms with van der Waals surface area (Å²) in [7, 11) is 1.34. The first-order chi connectivity index (χ1) is 7.72. The summed E-state index contributed by atoms with van der Waals surface area (Å²) in [5.41, 5.74) is 2.47. The van der Waals surface area contributed by atoms with Crippen molar-refractivity contribution in [3.05, 3.63) is 35.4 Å². The Bertz CT molecular complexity index is 387. The van der Waals surface area contributed by atoms with E-state index in [4.69, 9.17) is 0 Å². The van der Waals surface area contributed by atoms with Crippen LogP contribution in [0, 0.1) is 0 Å². The highest BCUT2D eigenvalue weighted by atomic mass is 16.5. The minimum atomic E-state index is -0.629. The molecule has 1 aliphatic carbocycles. The number of benzene rings is 1. The predicted molar refractivity (Wildman–Crippen MR) is 60.1 cm³/mol. The Hall–Kier alpha value is -1.35. The number of aryl methyl sites for hydroxylation is 1. The van der Waals surface area contributed by atoms with Crippen molar-refractivity contribution in [2.24, 2.45) is 0 Å². The van der Waals surface area contributed by atoms with Gasteiger partial charge in [0.2, 0.25) is 0 Å². The molecule has 0 heterocycles. The molecule has 86 valence electrons. The molecule has 1 aromatic carbocycles. The smallest absolute Gasteiger partial charge is 0.308 e. The molecule has 3 heteroatoms. The van der Waals surface area contributed by atoms with Crippen LogP contribution < -0.4 is 0 Å². The van der Waals surface area contributed by atoms with Gasteiger partial charge in [0.1, 0.15) is 0 Å². The molecule has 3 nitrogen and oxygen atoms in total. The van der Waals surface area contributed by atoms with Crippen LogP contribution in [0.1, 0.15) is 29.9 Å². The van der Waals surface area contributed by atoms with Crippen LogP contribution in [0.15, 0.2) is 24.3 Å². The molecule has 0 spiro atoms. The molecule has 0 saturated heterocycles. The number of hydrogen-bond acceptors (Lipinski definition) is 3. The molecule has 1 aromatic rings. The minimum Gasteiger partial charge on any atom is -0.469 e. The fourth-order valence-corrected chi connectivity index (χ4v) is 2.39. The number of esters is 1. The highest BCUT2D eigenvalue weighted by Crippen LogP contribution is 2.36. The third-order valence-electron chi connectivity index (χ3n) is 3.25. The highest BCUT2D eigenvalue weighted by molar-refractivity contribution is 5.70. The zero-order chi connectivity index (χ0) is 11.5. The molecule has 0 fully saturated rings. The summed E-state index contributed by atoms with van der Waals surface area (Å²) in [6, 6.07) is 8.10. The number of carbonyl (C=O) groups excluding carboxylic acids is 1. The van der Waals surface area contributed by atoms with Gasteiger partial charge in [0.15, 0.2) is 0 Å². The average molecular weight is 220 g/mol. The second kappa shape index (κ2) is 4.66. The molecule has 0 amide bonds. The van der Waals surface area contributed by atoms with Gasteiger partial charge < -0.3 is 9.84 Å². The van der Waals surface area contributed by atoms with Crippen molar-refractivity contribution in [3.63, 3.8) is 0 Å². The van der Waals surface area contributed by atoms with E-state index in [0.29, 0.717) is 0 Å². The maximum Gasteiger partial charge on any atom is 0.308 e. The molecule has 0 radical (unpaired) electrons. The Kier molecular flexibility index (Phi) is 3.25. The number of ether oxygens (including phenoxy) is 1. The van der Waals surface area contributed by atoms with E-state index < -0.39 is 6.10 Å². The van der Waals surface area contributed by atoms with Crippen molar-refractivity contribution in [2.75, 3.05) is 7.11 Å². The monoisotopic (exact) mass is 220 g/mol. The molecule has 1 unspecified atom stereocenters. The maximum atomic E-state index is 11.1. The number of rotatable bonds is 3. The summed E-state index contributed by atoms with van der Waals surface area (Å²) in [5.74, 6) is -0.271. The van der Waals surface area contributed by atoms with Gasteiger partial charge in [-0.05, 0) is 24.0 Å². The van der Waals surface area contributed by atoms with Gasteiger partial charge in [0.25, 0.3) is 0 Å². The first-order valence-electron chi connectivity index (χ1n) is 5.55. The summed E-state index contributed by atoms with van der Waals surface area (Å²) in [6.45, 7) is 0. The number of carbonyl (C=O) groups is 1. The molecule has 0 aromatic heterocycles. The maximum absolute atomic E-state index is 11.1. The first-order valence-corrected chi connectivity index (χ1v) is 5.55. The third-order valence-corrected chi connectivity index (χ3v) is 3.25. The van der Waals surface area contributed by atoms with Crippen molar-refractivity contribution in [1.29, 1.82) is 0 Å². The number of methoxy groups -OCH3 is 1. The number of fused-ring (bicyclic) bond motifs is 1. The molecule has 2 rings (SSSR count). The molecule has 0 bridgehead atoms. The third kappa shape index (κ3) is 2.09. The molecular formula is C13H16O3. The zero-order valence-corrected chi connectivity index (χ0v) is 9.35. The standard InChI is InChI=1S/C13H16O3/c1-16-13(15)8-12(14)11-7-6-9-4-2-3-5-10(9)11/h2-5,11-12,14H,6-8H2,1H3/t11?,12-/m0/s1. The molecular weight excluding hydrogens is 204 g/mol. The summed E-state index contributed by atoms with van der Waals surface area (Å²) >= 11 is 0. The van der Waals surface area contributed by atoms with Gasteiger partial charge in [0.05, 0.1) is 19.6 Å². The number of aliphatic hydroxyl groups excluding tert-OH is 1. The van der Waals surface area contributed by atoms with E-state index in [9.17, 15) is 9.90 Å². The normalized spacial score (nSPS) is 20.2. The fourth-order valence-electron chi connectivity index (χ4n) is 2.39. The van der Waals surface area contributed by atoms with Crippen LogP contribution in [0.4, 0.5) is 0 Å². The minimum absolute atomic E-state index is 0.0789. The van der Waals surface area contributed by atoms with Crippen LogP contribution in [0.5, 0.6) is 0 Å². The van der Waals surface area contributed by atoms with E-state index in [0.717, 1.165) is 12.8 Å². The second-order valence-electron chi connectivity index (χ2n) is 4.19. The predicted octanol–water partition coefficient (Wildman–Crippen LogP) is 1.64. The van der Waals surface area contributed by atoms with Crippen LogP contribution >= 0.6 is 0 Å². The van der Waals surface area contributed by atoms with Crippen LogP contribution in [0.3, 0.4) is 0 Å². The lowest BCUT2D eigenvalue weighted by Gasteiger charge is -2.17. The molecule has 0 saturated carbocycles. The Morgan fingerprint density at radius 3 is 3.06 bits per heavy atom. The van der Waals surface area contributed by atoms with Crippen LogP contribution in [0.2, 0.25) is 0 Å². The topological polar surface area (TPSA) is 46.5 Å². The Balaban J connectivity index is 2.10. The molecule has 16 heavy (non-hydrogen) atoms. The van der Waals surface area contributed by atoms with Crippen molar-refractivity contribution < 1.29 is 14.6 Å². The lowest BCUT2D eigenvalue weighted by molar-refractivity contribution is -0.143. The van der Waals surface area contributed by atoms with Gasteiger partial charge in [-0.25, -0.2) is 0 Å². The summed E-state index contributed by atoms with van der Waals surface area (Å²) in [6.07, 6.45) is 1.35. The van der Waals surface area contributed by atoms with Gasteiger partial charge in [-0.1, -0.05) is 24.3 Å². The van der Waals surface area contributed by atoms with Gasteiger partial charge >= 0.3 is 5.97 Å². The number of hydrogen-bond donors (Lipinski definition) is 1. The van der Waals surface area contributed by atoms with Crippen LogP contribution in [-0.2, 0) is 16.0 Å². The molecule has 2 atom stereocenters. The quantitative estimate of drug-likeness (QED) is 0.788.